The maximum absolute atomic E-state index is 6.24. The Kier molecular flexibility index (Phi) is 4.53. The maximum atomic E-state index is 6.24. The summed E-state index contributed by atoms with van der Waals surface area (Å²) in [6.45, 7) is 9.16. The van der Waals surface area contributed by atoms with Crippen molar-refractivity contribution < 1.29 is 4.74 Å². The summed E-state index contributed by atoms with van der Waals surface area (Å²) in [7, 11) is 0. The molecule has 0 unspecified atom stereocenters. The van der Waals surface area contributed by atoms with Gasteiger partial charge in [0.2, 0.25) is 0 Å². The van der Waals surface area contributed by atoms with Gasteiger partial charge in [0.1, 0.15) is 24.0 Å². The number of aromatic nitrogens is 4. The molecule has 7 rings (SSSR count). The molecule has 0 radical (unpaired) electrons. The normalized spacial score (nSPS) is 13.1. The molecular weight excluding hydrogens is 444 g/mol. The number of hydrogen-bond donors (Lipinski definition) is 2. The van der Waals surface area contributed by atoms with Crippen molar-refractivity contribution in [3.8, 4) is 28.1 Å². The third kappa shape index (κ3) is 3.15. The van der Waals surface area contributed by atoms with E-state index in [0.717, 1.165) is 50.8 Å². The first-order chi connectivity index (χ1) is 17.5. The Morgan fingerprint density at radius 2 is 1.39 bits per heavy atom. The molecule has 6 aromatic rings. The number of ether oxygens (including phenoxy) is 1. The summed E-state index contributed by atoms with van der Waals surface area (Å²) in [5.41, 5.74) is 7.67. The molecule has 1 aliphatic heterocycles. The smallest absolute Gasteiger partial charge is 0.137 e. The lowest BCUT2D eigenvalue weighted by atomic mass is 9.95. The van der Waals surface area contributed by atoms with E-state index in [-0.39, 0.29) is 0 Å². The summed E-state index contributed by atoms with van der Waals surface area (Å²) in [5, 5.41) is 4.70. The number of H-pyrrole nitrogens is 2. The fourth-order valence-corrected chi connectivity index (χ4v) is 5.28. The van der Waals surface area contributed by atoms with Crippen molar-refractivity contribution in [2.24, 2.45) is 0 Å². The number of nitrogens with one attached hydrogen (secondary N) is 2. The first kappa shape index (κ1) is 21.2. The van der Waals surface area contributed by atoms with E-state index in [9.17, 15) is 0 Å². The van der Waals surface area contributed by atoms with E-state index in [0.29, 0.717) is 18.4 Å². The number of imidazole rings is 2. The number of nitrogens with zero attached hydrogens (tertiary/aromatic N) is 2. The second kappa shape index (κ2) is 7.69. The average molecular weight is 473 g/mol. The van der Waals surface area contributed by atoms with Gasteiger partial charge in [-0.25, -0.2) is 9.97 Å². The van der Waals surface area contributed by atoms with Crippen molar-refractivity contribution in [3.63, 3.8) is 0 Å². The van der Waals surface area contributed by atoms with Crippen LogP contribution in [0.5, 0.6) is 5.75 Å². The molecule has 0 atom stereocenters. The molecule has 2 aromatic heterocycles. The topological polar surface area (TPSA) is 66.6 Å². The third-order valence-electron chi connectivity index (χ3n) is 7.30. The highest BCUT2D eigenvalue weighted by atomic mass is 16.5. The Morgan fingerprint density at radius 1 is 0.722 bits per heavy atom. The van der Waals surface area contributed by atoms with Gasteiger partial charge in [-0.1, -0.05) is 64.1 Å². The molecule has 0 aliphatic carbocycles. The van der Waals surface area contributed by atoms with Crippen molar-refractivity contribution in [2.45, 2.75) is 46.1 Å². The summed E-state index contributed by atoms with van der Waals surface area (Å²) < 4.78 is 6.24. The van der Waals surface area contributed by atoms with Gasteiger partial charge in [0.15, 0.2) is 0 Å². The Hall–Kier alpha value is -4.12. The highest BCUT2D eigenvalue weighted by molar-refractivity contribution is 6.06. The molecule has 0 fully saturated rings. The molecule has 0 bridgehead atoms. The Balaban J connectivity index is 1.31. The number of benzene rings is 4. The van der Waals surface area contributed by atoms with Crippen LogP contribution in [0.3, 0.4) is 0 Å². The highest BCUT2D eigenvalue weighted by Gasteiger charge is 2.24. The molecule has 178 valence electrons. The number of rotatable bonds is 3. The van der Waals surface area contributed by atoms with Gasteiger partial charge in [0.25, 0.3) is 0 Å². The van der Waals surface area contributed by atoms with E-state index < -0.39 is 0 Å². The molecule has 36 heavy (non-hydrogen) atoms. The van der Waals surface area contributed by atoms with Crippen molar-refractivity contribution in [1.29, 1.82) is 0 Å². The molecular formula is C31H28N4O. The second-order valence-corrected chi connectivity index (χ2v) is 10.4. The fourth-order valence-electron chi connectivity index (χ4n) is 5.28. The summed E-state index contributed by atoms with van der Waals surface area (Å²) in [4.78, 5) is 16.6. The Morgan fingerprint density at radius 3 is 2.14 bits per heavy atom. The second-order valence-electron chi connectivity index (χ2n) is 10.4. The minimum Gasteiger partial charge on any atom is -0.486 e. The van der Waals surface area contributed by atoms with Gasteiger partial charge in [-0.3, -0.25) is 0 Å². The summed E-state index contributed by atoms with van der Waals surface area (Å²) >= 11 is 0. The third-order valence-corrected chi connectivity index (χ3v) is 7.30. The average Bonchev–Trinajstić information content (AvgIpc) is 3.53. The number of hydrogen-bond acceptors (Lipinski definition) is 3. The van der Waals surface area contributed by atoms with Crippen LogP contribution in [0, 0.1) is 0 Å². The van der Waals surface area contributed by atoms with Gasteiger partial charge >= 0.3 is 0 Å². The van der Waals surface area contributed by atoms with Crippen LogP contribution in [0.15, 0.2) is 60.7 Å². The zero-order valence-electron chi connectivity index (χ0n) is 20.9. The molecule has 5 heteroatoms. The van der Waals surface area contributed by atoms with Gasteiger partial charge in [-0.2, -0.15) is 0 Å². The van der Waals surface area contributed by atoms with E-state index >= 15 is 0 Å². The predicted octanol–water partition coefficient (Wildman–Crippen LogP) is 8.07. The van der Waals surface area contributed by atoms with E-state index in [1.807, 2.05) is 0 Å². The SMILES string of the molecule is CC(C)c1nc2c([nH]1)COc1c-2ccc2cc(-c3ccc4c(ccc5nc(C(C)C)[nH]c54)c3)ccc12. The Labute approximate surface area is 209 Å². The van der Waals surface area contributed by atoms with Crippen LogP contribution in [-0.2, 0) is 6.61 Å². The van der Waals surface area contributed by atoms with Crippen LogP contribution >= 0.6 is 0 Å². The van der Waals surface area contributed by atoms with Crippen LogP contribution in [0.2, 0.25) is 0 Å². The van der Waals surface area contributed by atoms with Crippen molar-refractivity contribution in [3.05, 3.63) is 78.0 Å². The lowest BCUT2D eigenvalue weighted by Gasteiger charge is -2.19. The maximum Gasteiger partial charge on any atom is 0.137 e. The largest absolute Gasteiger partial charge is 0.486 e. The molecule has 5 nitrogen and oxygen atoms in total. The first-order valence-corrected chi connectivity index (χ1v) is 12.7. The fraction of sp³-hybridized carbons (Fsp3) is 0.226. The quantitative estimate of drug-likeness (QED) is 0.274. The van der Waals surface area contributed by atoms with Crippen LogP contribution in [0.4, 0.5) is 0 Å². The monoisotopic (exact) mass is 472 g/mol. The van der Waals surface area contributed by atoms with E-state index in [4.69, 9.17) is 14.7 Å². The number of aromatic amines is 2. The van der Waals surface area contributed by atoms with Gasteiger partial charge < -0.3 is 14.7 Å². The minimum absolute atomic E-state index is 0.352. The van der Waals surface area contributed by atoms with Crippen molar-refractivity contribution >= 4 is 32.6 Å². The molecule has 0 amide bonds. The van der Waals surface area contributed by atoms with E-state index in [1.165, 1.54) is 27.3 Å². The summed E-state index contributed by atoms with van der Waals surface area (Å²) in [6.07, 6.45) is 0. The highest BCUT2D eigenvalue weighted by Crippen LogP contribution is 2.43. The molecule has 4 aromatic carbocycles. The summed E-state index contributed by atoms with van der Waals surface area (Å²) in [5.74, 6) is 3.69. The zero-order valence-corrected chi connectivity index (χ0v) is 20.9. The van der Waals surface area contributed by atoms with Gasteiger partial charge in [-0.05, 0) is 46.2 Å². The molecule has 0 saturated heterocycles. The van der Waals surface area contributed by atoms with Crippen LogP contribution in [-0.4, -0.2) is 19.9 Å². The number of fused-ring (bicyclic) bond motifs is 8. The van der Waals surface area contributed by atoms with Crippen LogP contribution in [0.1, 0.15) is 56.9 Å². The lowest BCUT2D eigenvalue weighted by Crippen LogP contribution is -2.05. The Bertz CT molecular complexity index is 1800. The summed E-state index contributed by atoms with van der Waals surface area (Å²) in [6, 6.07) is 21.9. The molecule has 2 N–H and O–H groups in total. The molecule has 0 saturated carbocycles. The minimum atomic E-state index is 0.352. The first-order valence-electron chi connectivity index (χ1n) is 12.7. The van der Waals surface area contributed by atoms with E-state index in [2.05, 4.69) is 98.3 Å². The van der Waals surface area contributed by atoms with E-state index in [1.54, 1.807) is 0 Å². The molecule has 3 heterocycles. The van der Waals surface area contributed by atoms with Crippen LogP contribution < -0.4 is 4.74 Å². The van der Waals surface area contributed by atoms with Crippen LogP contribution in [0.25, 0.3) is 55.0 Å². The standard InChI is InChI=1S/C31H28N4O/c1-16(2)30-32-25-12-8-20-13-18(5-9-22(20)27(25)34-30)19-6-10-23-21(14-19)7-11-24-28-26(15-36-29(23)24)33-31(35-28)17(3)4/h5-14,16-17H,15H2,1-4H3,(H,32,34)(H,33,35). The zero-order chi connectivity index (χ0) is 24.6. The van der Waals surface area contributed by atoms with Gasteiger partial charge in [-0.15, -0.1) is 0 Å². The molecule has 1 aliphatic rings. The van der Waals surface area contributed by atoms with Gasteiger partial charge in [0, 0.05) is 28.2 Å². The van der Waals surface area contributed by atoms with Crippen molar-refractivity contribution in [2.75, 3.05) is 0 Å². The van der Waals surface area contributed by atoms with Crippen molar-refractivity contribution in [1.82, 2.24) is 19.9 Å². The van der Waals surface area contributed by atoms with Gasteiger partial charge in [0.05, 0.1) is 22.4 Å². The predicted molar refractivity (Wildman–Crippen MR) is 147 cm³/mol. The molecule has 0 spiro atoms. The lowest BCUT2D eigenvalue weighted by molar-refractivity contribution is 0.301.